The van der Waals surface area contributed by atoms with Crippen molar-refractivity contribution in [2.75, 3.05) is 0 Å². The first-order valence-corrected chi connectivity index (χ1v) is 6.36. The summed E-state index contributed by atoms with van der Waals surface area (Å²) < 4.78 is 1.97. The number of rotatable bonds is 3. The summed E-state index contributed by atoms with van der Waals surface area (Å²) in [6.45, 7) is 2.30. The van der Waals surface area contributed by atoms with E-state index in [2.05, 4.69) is 15.0 Å². The maximum Gasteiger partial charge on any atom is 0.251 e. The van der Waals surface area contributed by atoms with Crippen molar-refractivity contribution >= 4 is 0 Å². The highest BCUT2D eigenvalue weighted by Crippen LogP contribution is 2.17. The van der Waals surface area contributed by atoms with Crippen LogP contribution in [0.1, 0.15) is 11.5 Å². The number of nitrogens with zero attached hydrogens (tertiary/aromatic N) is 3. The van der Waals surface area contributed by atoms with Crippen LogP contribution in [0.15, 0.2) is 53.6 Å². The van der Waals surface area contributed by atoms with Gasteiger partial charge in [-0.2, -0.15) is 0 Å². The van der Waals surface area contributed by atoms with E-state index in [0.29, 0.717) is 18.1 Å². The fourth-order valence-electron chi connectivity index (χ4n) is 2.16. The lowest BCUT2D eigenvalue weighted by Gasteiger charge is -2.07. The van der Waals surface area contributed by atoms with E-state index in [-0.39, 0.29) is 5.56 Å². The zero-order valence-corrected chi connectivity index (χ0v) is 11.1. The van der Waals surface area contributed by atoms with Gasteiger partial charge in [0.1, 0.15) is 11.6 Å². The summed E-state index contributed by atoms with van der Waals surface area (Å²) >= 11 is 0. The summed E-state index contributed by atoms with van der Waals surface area (Å²) in [4.78, 5) is 22.9. The lowest BCUT2D eigenvalue weighted by atomic mass is 10.2. The highest BCUT2D eigenvalue weighted by molar-refractivity contribution is 5.55. The van der Waals surface area contributed by atoms with Gasteiger partial charge in [0.25, 0.3) is 5.56 Å². The molecule has 5 nitrogen and oxygen atoms in total. The molecule has 0 fully saturated rings. The third kappa shape index (κ3) is 2.51. The summed E-state index contributed by atoms with van der Waals surface area (Å²) in [6.07, 6.45) is 3.63. The Morgan fingerprint density at radius 2 is 2.05 bits per heavy atom. The Morgan fingerprint density at radius 1 is 1.25 bits per heavy atom. The number of benzene rings is 1. The summed E-state index contributed by atoms with van der Waals surface area (Å²) in [5.41, 5.74) is 1.62. The second-order valence-electron chi connectivity index (χ2n) is 4.58. The van der Waals surface area contributed by atoms with E-state index in [4.69, 9.17) is 0 Å². The van der Waals surface area contributed by atoms with Gasteiger partial charge in [-0.3, -0.25) is 4.79 Å². The number of imidazole rings is 1. The molecule has 0 aliphatic heterocycles. The molecule has 1 aromatic carbocycles. The Bertz CT molecular complexity index is 774. The molecule has 100 valence electrons. The smallest absolute Gasteiger partial charge is 0.251 e. The number of aromatic amines is 1. The van der Waals surface area contributed by atoms with E-state index >= 15 is 0 Å². The molecule has 0 spiro atoms. The van der Waals surface area contributed by atoms with Crippen LogP contribution in [0.3, 0.4) is 0 Å². The van der Waals surface area contributed by atoms with Gasteiger partial charge in [-0.15, -0.1) is 0 Å². The standard InChI is InChI=1S/C15H14N4O/c1-11-9-14(20)18-13(17-11)10-19-8-7-16-15(19)12-5-3-2-4-6-12/h2-9H,10H2,1H3,(H,17,18,20). The molecule has 0 atom stereocenters. The topological polar surface area (TPSA) is 63.6 Å². The van der Waals surface area contributed by atoms with Crippen molar-refractivity contribution in [3.63, 3.8) is 0 Å². The first kappa shape index (κ1) is 12.3. The highest BCUT2D eigenvalue weighted by Gasteiger charge is 2.07. The molecule has 0 unspecified atom stereocenters. The van der Waals surface area contributed by atoms with Gasteiger partial charge in [0.15, 0.2) is 0 Å². The minimum Gasteiger partial charge on any atom is -0.323 e. The maximum absolute atomic E-state index is 11.5. The predicted molar refractivity (Wildman–Crippen MR) is 76.4 cm³/mol. The van der Waals surface area contributed by atoms with Crippen LogP contribution in [0, 0.1) is 6.92 Å². The Morgan fingerprint density at radius 3 is 2.80 bits per heavy atom. The molecule has 2 aromatic heterocycles. The van der Waals surface area contributed by atoms with Gasteiger partial charge >= 0.3 is 0 Å². The van der Waals surface area contributed by atoms with Crippen LogP contribution in [-0.4, -0.2) is 19.5 Å². The fraction of sp³-hybridized carbons (Fsp3) is 0.133. The van der Waals surface area contributed by atoms with Gasteiger partial charge in [0.2, 0.25) is 0 Å². The van der Waals surface area contributed by atoms with Gasteiger partial charge in [0, 0.05) is 29.7 Å². The average molecular weight is 266 g/mol. The van der Waals surface area contributed by atoms with Crippen molar-refractivity contribution < 1.29 is 0 Å². The maximum atomic E-state index is 11.5. The number of aryl methyl sites for hydroxylation is 1. The molecular formula is C15H14N4O. The second-order valence-corrected chi connectivity index (χ2v) is 4.58. The van der Waals surface area contributed by atoms with E-state index in [9.17, 15) is 4.79 Å². The van der Waals surface area contributed by atoms with Crippen LogP contribution in [0.25, 0.3) is 11.4 Å². The van der Waals surface area contributed by atoms with E-state index in [1.807, 2.05) is 48.0 Å². The quantitative estimate of drug-likeness (QED) is 0.788. The van der Waals surface area contributed by atoms with Crippen molar-refractivity contribution in [3.8, 4) is 11.4 Å². The van der Waals surface area contributed by atoms with Crippen LogP contribution in [-0.2, 0) is 6.54 Å². The molecule has 0 amide bonds. The van der Waals surface area contributed by atoms with Crippen LogP contribution >= 0.6 is 0 Å². The molecule has 3 rings (SSSR count). The van der Waals surface area contributed by atoms with Crippen molar-refractivity contribution in [1.29, 1.82) is 0 Å². The Kier molecular flexibility index (Phi) is 3.16. The van der Waals surface area contributed by atoms with Crippen LogP contribution in [0.5, 0.6) is 0 Å². The third-order valence-corrected chi connectivity index (χ3v) is 2.99. The molecule has 3 aromatic rings. The van der Waals surface area contributed by atoms with Gasteiger partial charge in [-0.25, -0.2) is 9.97 Å². The Hall–Kier alpha value is -2.69. The highest BCUT2D eigenvalue weighted by atomic mass is 16.1. The van der Waals surface area contributed by atoms with Gasteiger partial charge in [-0.05, 0) is 6.92 Å². The summed E-state index contributed by atoms with van der Waals surface area (Å²) in [6, 6.07) is 11.4. The van der Waals surface area contributed by atoms with Crippen molar-refractivity contribution in [1.82, 2.24) is 19.5 Å². The molecule has 0 aliphatic carbocycles. The van der Waals surface area contributed by atoms with E-state index in [1.165, 1.54) is 6.07 Å². The summed E-state index contributed by atoms with van der Waals surface area (Å²) in [7, 11) is 0. The molecule has 1 N–H and O–H groups in total. The number of hydrogen-bond acceptors (Lipinski definition) is 3. The number of nitrogens with one attached hydrogen (secondary N) is 1. The molecule has 0 saturated heterocycles. The van der Waals surface area contributed by atoms with Crippen molar-refractivity contribution in [3.05, 3.63) is 70.7 Å². The molecule has 0 radical (unpaired) electrons. The zero-order valence-electron chi connectivity index (χ0n) is 11.1. The summed E-state index contributed by atoms with van der Waals surface area (Å²) in [5, 5.41) is 0. The molecular weight excluding hydrogens is 252 g/mol. The molecule has 0 saturated carbocycles. The molecule has 0 aliphatic rings. The van der Waals surface area contributed by atoms with Gasteiger partial charge in [0.05, 0.1) is 6.54 Å². The Labute approximate surface area is 116 Å². The van der Waals surface area contributed by atoms with Gasteiger partial charge < -0.3 is 9.55 Å². The van der Waals surface area contributed by atoms with Gasteiger partial charge in [-0.1, -0.05) is 30.3 Å². The number of H-pyrrole nitrogens is 1. The minimum atomic E-state index is -0.131. The Balaban J connectivity index is 1.96. The molecule has 2 heterocycles. The normalized spacial score (nSPS) is 10.7. The van der Waals surface area contributed by atoms with Crippen LogP contribution < -0.4 is 5.56 Å². The number of hydrogen-bond donors (Lipinski definition) is 1. The van der Waals surface area contributed by atoms with Crippen LogP contribution in [0.4, 0.5) is 0 Å². The predicted octanol–water partition coefficient (Wildman–Crippen LogP) is 1.99. The summed E-state index contributed by atoms with van der Waals surface area (Å²) in [5.74, 6) is 1.49. The largest absolute Gasteiger partial charge is 0.323 e. The van der Waals surface area contributed by atoms with E-state index in [0.717, 1.165) is 11.4 Å². The minimum absolute atomic E-state index is 0.131. The fourth-order valence-corrected chi connectivity index (χ4v) is 2.16. The van der Waals surface area contributed by atoms with Crippen LogP contribution in [0.2, 0.25) is 0 Å². The SMILES string of the molecule is Cc1cc(=O)[nH]c(Cn2ccnc2-c2ccccc2)n1. The average Bonchev–Trinajstić information content (AvgIpc) is 2.86. The third-order valence-electron chi connectivity index (χ3n) is 2.99. The lowest BCUT2D eigenvalue weighted by Crippen LogP contribution is -2.14. The first-order chi connectivity index (χ1) is 9.72. The molecule has 0 bridgehead atoms. The van der Waals surface area contributed by atoms with E-state index < -0.39 is 0 Å². The second kappa shape index (κ2) is 5.13. The first-order valence-electron chi connectivity index (χ1n) is 6.36. The lowest BCUT2D eigenvalue weighted by molar-refractivity contribution is 0.740. The monoisotopic (exact) mass is 266 g/mol. The van der Waals surface area contributed by atoms with Crippen molar-refractivity contribution in [2.24, 2.45) is 0 Å². The zero-order chi connectivity index (χ0) is 13.9. The molecule has 5 heteroatoms. The van der Waals surface area contributed by atoms with E-state index in [1.54, 1.807) is 6.20 Å². The molecule has 20 heavy (non-hydrogen) atoms. The number of aromatic nitrogens is 4. The van der Waals surface area contributed by atoms with Crippen molar-refractivity contribution in [2.45, 2.75) is 13.5 Å².